The molecule has 0 saturated heterocycles. The van der Waals surface area contributed by atoms with Crippen LogP contribution in [0.5, 0.6) is 0 Å². The third-order valence-corrected chi connectivity index (χ3v) is 5.27. The summed E-state index contributed by atoms with van der Waals surface area (Å²) in [6, 6.07) is 16.5. The molecule has 1 aliphatic rings. The first kappa shape index (κ1) is 16.2. The lowest BCUT2D eigenvalue weighted by atomic mass is 10.0. The van der Waals surface area contributed by atoms with Crippen LogP contribution in [0.4, 0.5) is 11.4 Å². The Morgan fingerprint density at radius 2 is 1.80 bits per heavy atom. The van der Waals surface area contributed by atoms with Crippen LogP contribution in [-0.4, -0.2) is 12.5 Å². The first-order chi connectivity index (χ1) is 12.1. The molecule has 1 amide bonds. The number of nitrogens with one attached hydrogen (secondary N) is 2. The normalized spacial score (nSPS) is 12.4. The number of halogens is 1. The van der Waals surface area contributed by atoms with E-state index >= 15 is 0 Å². The van der Waals surface area contributed by atoms with Gasteiger partial charge < -0.3 is 10.6 Å². The second-order valence-electron chi connectivity index (χ2n) is 6.47. The molecule has 4 rings (SSSR count). The molecule has 0 fully saturated rings. The largest absolute Gasteiger partial charge is 0.376 e. The standard InChI is InChI=1S/C21H19BrN2O/c1-13-11-16(22)8-10-18(13)24-20(25)12-23-19-9-7-15-6-5-14-3-2-4-17(19)21(14)15/h2-4,7-11,23H,5-6,12H2,1H3,(H,24,25). The van der Waals surface area contributed by atoms with Crippen LogP contribution in [0.25, 0.3) is 10.8 Å². The Morgan fingerprint density at radius 1 is 1.04 bits per heavy atom. The van der Waals surface area contributed by atoms with Gasteiger partial charge in [0.2, 0.25) is 5.91 Å². The first-order valence-corrected chi connectivity index (χ1v) is 9.24. The summed E-state index contributed by atoms with van der Waals surface area (Å²) in [6.45, 7) is 2.23. The van der Waals surface area contributed by atoms with Gasteiger partial charge in [0.25, 0.3) is 0 Å². The molecule has 0 radical (unpaired) electrons. The monoisotopic (exact) mass is 394 g/mol. The lowest BCUT2D eigenvalue weighted by Crippen LogP contribution is -2.22. The number of carbonyl (C=O) groups is 1. The summed E-state index contributed by atoms with van der Waals surface area (Å²) in [4.78, 5) is 12.3. The van der Waals surface area contributed by atoms with Crippen molar-refractivity contribution in [2.75, 3.05) is 17.2 Å². The Kier molecular flexibility index (Phi) is 4.22. The fourth-order valence-electron chi connectivity index (χ4n) is 3.54. The van der Waals surface area contributed by atoms with Crippen LogP contribution in [0.3, 0.4) is 0 Å². The second kappa shape index (κ2) is 6.52. The van der Waals surface area contributed by atoms with Gasteiger partial charge in [0.05, 0.1) is 6.54 Å². The van der Waals surface area contributed by atoms with Crippen LogP contribution < -0.4 is 10.6 Å². The van der Waals surface area contributed by atoms with Gasteiger partial charge in [0.1, 0.15) is 0 Å². The number of carbonyl (C=O) groups excluding carboxylic acids is 1. The van der Waals surface area contributed by atoms with Gasteiger partial charge in [-0.15, -0.1) is 0 Å². The third-order valence-electron chi connectivity index (χ3n) is 4.78. The molecule has 2 N–H and O–H groups in total. The molecule has 3 aromatic rings. The summed E-state index contributed by atoms with van der Waals surface area (Å²) in [5.41, 5.74) is 5.71. The fourth-order valence-corrected chi connectivity index (χ4v) is 4.01. The lowest BCUT2D eigenvalue weighted by molar-refractivity contribution is -0.114. The van der Waals surface area contributed by atoms with Gasteiger partial charge >= 0.3 is 0 Å². The van der Waals surface area contributed by atoms with E-state index in [0.717, 1.165) is 34.3 Å². The van der Waals surface area contributed by atoms with E-state index in [-0.39, 0.29) is 12.5 Å². The van der Waals surface area contributed by atoms with Crippen molar-refractivity contribution >= 4 is 44.0 Å². The van der Waals surface area contributed by atoms with Crippen molar-refractivity contribution < 1.29 is 4.79 Å². The van der Waals surface area contributed by atoms with E-state index in [1.807, 2.05) is 25.1 Å². The predicted molar refractivity (Wildman–Crippen MR) is 107 cm³/mol. The van der Waals surface area contributed by atoms with E-state index in [2.05, 4.69) is 56.9 Å². The summed E-state index contributed by atoms with van der Waals surface area (Å²) in [6.07, 6.45) is 2.22. The van der Waals surface area contributed by atoms with Gasteiger partial charge in [0.15, 0.2) is 0 Å². The first-order valence-electron chi connectivity index (χ1n) is 8.45. The Labute approximate surface area is 155 Å². The van der Waals surface area contributed by atoms with E-state index in [4.69, 9.17) is 0 Å². The molecular weight excluding hydrogens is 376 g/mol. The summed E-state index contributed by atoms with van der Waals surface area (Å²) in [5, 5.41) is 8.83. The van der Waals surface area contributed by atoms with Gasteiger partial charge in [0, 0.05) is 21.2 Å². The van der Waals surface area contributed by atoms with Crippen LogP contribution >= 0.6 is 15.9 Å². The van der Waals surface area contributed by atoms with Crippen molar-refractivity contribution in [2.24, 2.45) is 0 Å². The highest BCUT2D eigenvalue weighted by Crippen LogP contribution is 2.34. The number of hydrogen-bond donors (Lipinski definition) is 2. The van der Waals surface area contributed by atoms with Crippen LogP contribution in [-0.2, 0) is 17.6 Å². The SMILES string of the molecule is Cc1cc(Br)ccc1NC(=O)CNc1ccc2c3c(cccc13)CC2. The molecule has 0 unspecified atom stereocenters. The smallest absolute Gasteiger partial charge is 0.243 e. The summed E-state index contributed by atoms with van der Waals surface area (Å²) in [5.74, 6) is -0.0475. The second-order valence-corrected chi connectivity index (χ2v) is 7.39. The number of anilines is 2. The molecule has 1 aliphatic carbocycles. The number of aryl methyl sites for hydroxylation is 3. The molecule has 0 bridgehead atoms. The molecular formula is C21H19BrN2O. The highest BCUT2D eigenvalue weighted by molar-refractivity contribution is 9.10. The maximum Gasteiger partial charge on any atom is 0.243 e. The number of rotatable bonds is 4. The van der Waals surface area contributed by atoms with E-state index in [9.17, 15) is 4.79 Å². The molecule has 0 heterocycles. The fraction of sp³-hybridized carbons (Fsp3) is 0.190. The lowest BCUT2D eigenvalue weighted by Gasteiger charge is -2.13. The van der Waals surface area contributed by atoms with Crippen molar-refractivity contribution in [3.63, 3.8) is 0 Å². The van der Waals surface area contributed by atoms with E-state index in [1.165, 1.54) is 21.9 Å². The molecule has 4 heteroatoms. The molecule has 0 spiro atoms. The zero-order valence-electron chi connectivity index (χ0n) is 14.0. The van der Waals surface area contributed by atoms with E-state index in [0.29, 0.717) is 0 Å². The van der Waals surface area contributed by atoms with Gasteiger partial charge in [-0.25, -0.2) is 0 Å². The number of benzene rings is 3. The van der Waals surface area contributed by atoms with Gasteiger partial charge in [-0.3, -0.25) is 4.79 Å². The Balaban J connectivity index is 1.50. The van der Waals surface area contributed by atoms with Crippen LogP contribution in [0, 0.1) is 6.92 Å². The minimum absolute atomic E-state index is 0.0475. The summed E-state index contributed by atoms with van der Waals surface area (Å²) in [7, 11) is 0. The summed E-state index contributed by atoms with van der Waals surface area (Å²) >= 11 is 3.44. The third kappa shape index (κ3) is 3.14. The van der Waals surface area contributed by atoms with Crippen molar-refractivity contribution in [3.05, 3.63) is 69.7 Å². The van der Waals surface area contributed by atoms with Crippen molar-refractivity contribution in [3.8, 4) is 0 Å². The predicted octanol–water partition coefficient (Wildman–Crippen LogP) is 5.06. The number of amides is 1. The Bertz CT molecular complexity index is 971. The van der Waals surface area contributed by atoms with Crippen LogP contribution in [0.1, 0.15) is 16.7 Å². The average Bonchev–Trinajstić information content (AvgIpc) is 3.02. The molecule has 25 heavy (non-hydrogen) atoms. The van der Waals surface area contributed by atoms with Gasteiger partial charge in [-0.1, -0.05) is 40.2 Å². The van der Waals surface area contributed by atoms with E-state index < -0.39 is 0 Å². The van der Waals surface area contributed by atoms with Crippen molar-refractivity contribution in [1.82, 2.24) is 0 Å². The minimum Gasteiger partial charge on any atom is -0.376 e. The topological polar surface area (TPSA) is 41.1 Å². The Hall–Kier alpha value is -2.33. The maximum absolute atomic E-state index is 12.3. The van der Waals surface area contributed by atoms with Crippen LogP contribution in [0.2, 0.25) is 0 Å². The van der Waals surface area contributed by atoms with Gasteiger partial charge in [-0.05, 0) is 66.1 Å². The average molecular weight is 395 g/mol. The number of hydrogen-bond acceptors (Lipinski definition) is 2. The van der Waals surface area contributed by atoms with Crippen molar-refractivity contribution in [1.29, 1.82) is 0 Å². The zero-order chi connectivity index (χ0) is 17.4. The Morgan fingerprint density at radius 3 is 2.60 bits per heavy atom. The van der Waals surface area contributed by atoms with Gasteiger partial charge in [-0.2, -0.15) is 0 Å². The quantitative estimate of drug-likeness (QED) is 0.649. The highest BCUT2D eigenvalue weighted by atomic mass is 79.9. The van der Waals surface area contributed by atoms with Crippen LogP contribution in [0.15, 0.2) is 53.0 Å². The summed E-state index contributed by atoms with van der Waals surface area (Å²) < 4.78 is 1.01. The molecule has 126 valence electrons. The highest BCUT2D eigenvalue weighted by Gasteiger charge is 2.16. The zero-order valence-corrected chi connectivity index (χ0v) is 15.6. The molecule has 0 saturated carbocycles. The molecule has 3 nitrogen and oxygen atoms in total. The molecule has 0 aromatic heterocycles. The maximum atomic E-state index is 12.3. The molecule has 0 atom stereocenters. The minimum atomic E-state index is -0.0475. The molecule has 0 aliphatic heterocycles. The molecule has 3 aromatic carbocycles. The van der Waals surface area contributed by atoms with Crippen molar-refractivity contribution in [2.45, 2.75) is 19.8 Å². The van der Waals surface area contributed by atoms with E-state index in [1.54, 1.807) is 0 Å².